The van der Waals surface area contributed by atoms with Gasteiger partial charge in [0.1, 0.15) is 42.7 Å². The first-order chi connectivity index (χ1) is 30.5. The Morgan fingerprint density at radius 3 is 1.35 bits per heavy atom. The lowest BCUT2D eigenvalue weighted by atomic mass is 9.85. The highest BCUT2D eigenvalue weighted by Gasteiger charge is 2.51. The summed E-state index contributed by atoms with van der Waals surface area (Å²) in [4.78, 5) is 23.2. The predicted octanol–water partition coefficient (Wildman–Crippen LogP) is 11.0. The summed E-state index contributed by atoms with van der Waals surface area (Å²) in [6.45, 7) is 4.24. The van der Waals surface area contributed by atoms with Crippen molar-refractivity contribution in [2.24, 2.45) is 0 Å². The van der Waals surface area contributed by atoms with Gasteiger partial charge in [0.25, 0.3) is 0 Å². The van der Waals surface area contributed by atoms with Gasteiger partial charge < -0.3 is 39.9 Å². The van der Waals surface area contributed by atoms with E-state index in [1.54, 1.807) is 0 Å². The Balaban J connectivity index is 2.30. The summed E-state index contributed by atoms with van der Waals surface area (Å²) in [6, 6.07) is 0. The number of allylic oxidation sites excluding steroid dienone is 6. The summed E-state index contributed by atoms with van der Waals surface area (Å²) < 4.78 is 34.2. The summed E-state index contributed by atoms with van der Waals surface area (Å²) in [5.74, 6) is -0.479. The highest BCUT2D eigenvalue weighted by atomic mass is 31.2. The topological polar surface area (TPSA) is 192 Å². The van der Waals surface area contributed by atoms with Crippen molar-refractivity contribution in [2.45, 2.75) is 256 Å². The average Bonchev–Trinajstić information content (AvgIpc) is 3.27. The number of carbonyl (C=O) groups excluding carboxylic acids is 1. The van der Waals surface area contributed by atoms with Gasteiger partial charge in [-0.15, -0.1) is 0 Å². The van der Waals surface area contributed by atoms with Gasteiger partial charge >= 0.3 is 13.8 Å². The molecule has 0 aromatic rings. The van der Waals surface area contributed by atoms with Crippen molar-refractivity contribution < 1.29 is 58.3 Å². The molecule has 0 aliphatic heterocycles. The fourth-order valence-corrected chi connectivity index (χ4v) is 8.69. The molecule has 6 unspecified atom stereocenters. The van der Waals surface area contributed by atoms with Crippen LogP contribution in [-0.2, 0) is 27.9 Å². The smallest absolute Gasteiger partial charge is 0.457 e. The van der Waals surface area contributed by atoms with Crippen molar-refractivity contribution in [3.63, 3.8) is 0 Å². The van der Waals surface area contributed by atoms with Crippen LogP contribution in [0, 0.1) is 0 Å². The van der Waals surface area contributed by atoms with E-state index in [1.807, 2.05) is 0 Å². The van der Waals surface area contributed by atoms with Crippen LogP contribution in [0.4, 0.5) is 0 Å². The number of rotatable bonds is 43. The fourth-order valence-electron chi connectivity index (χ4n) is 7.72. The second kappa shape index (κ2) is 40.8. The zero-order valence-corrected chi connectivity index (χ0v) is 40.5. The number of aliphatic hydroxyl groups excluding tert-OH is 5. The predicted molar refractivity (Wildman–Crippen MR) is 253 cm³/mol. The van der Waals surface area contributed by atoms with Crippen LogP contribution >= 0.6 is 7.82 Å². The number of esters is 1. The Kier molecular flexibility index (Phi) is 38.6. The van der Waals surface area contributed by atoms with Gasteiger partial charge in [0, 0.05) is 13.0 Å². The molecule has 12 nitrogen and oxygen atoms in total. The first kappa shape index (κ1) is 59.6. The van der Waals surface area contributed by atoms with Crippen LogP contribution in [0.25, 0.3) is 0 Å². The van der Waals surface area contributed by atoms with Crippen LogP contribution in [0.15, 0.2) is 36.5 Å². The molecular formula is C50H93O12P. The largest absolute Gasteiger partial charge is 0.472 e. The fraction of sp³-hybridized carbons (Fsp3) is 0.860. The number of hydrogen-bond acceptors (Lipinski definition) is 11. The molecular weight excluding hydrogens is 824 g/mol. The van der Waals surface area contributed by atoms with E-state index < -0.39 is 63.1 Å². The number of carbonyl (C=O) groups is 1. The monoisotopic (exact) mass is 917 g/mol. The third-order valence-electron chi connectivity index (χ3n) is 11.8. The average molecular weight is 917 g/mol. The molecule has 6 N–H and O–H groups in total. The summed E-state index contributed by atoms with van der Waals surface area (Å²) in [6.07, 6.45) is 36.4. The minimum atomic E-state index is -5.02. The molecule has 370 valence electrons. The van der Waals surface area contributed by atoms with Gasteiger partial charge in [-0.3, -0.25) is 13.8 Å². The van der Waals surface area contributed by atoms with E-state index in [4.69, 9.17) is 18.5 Å². The Bertz CT molecular complexity index is 1180. The summed E-state index contributed by atoms with van der Waals surface area (Å²) in [7, 11) is -5.02. The summed E-state index contributed by atoms with van der Waals surface area (Å²) in [5.41, 5.74) is 0. The van der Waals surface area contributed by atoms with E-state index in [9.17, 15) is 39.8 Å². The van der Waals surface area contributed by atoms with Crippen LogP contribution in [0.1, 0.15) is 213 Å². The quantitative estimate of drug-likeness (QED) is 0.0147. The molecule has 0 aromatic heterocycles. The van der Waals surface area contributed by atoms with E-state index >= 15 is 0 Å². The zero-order valence-electron chi connectivity index (χ0n) is 39.6. The van der Waals surface area contributed by atoms with E-state index in [0.29, 0.717) is 13.0 Å². The summed E-state index contributed by atoms with van der Waals surface area (Å²) in [5, 5.41) is 50.2. The molecule has 1 fully saturated rings. The number of aliphatic hydroxyl groups is 5. The molecule has 13 heteroatoms. The molecule has 0 spiro atoms. The van der Waals surface area contributed by atoms with Crippen molar-refractivity contribution in [3.8, 4) is 0 Å². The van der Waals surface area contributed by atoms with Crippen LogP contribution in [-0.4, -0.2) is 98.9 Å². The van der Waals surface area contributed by atoms with Gasteiger partial charge in [0.2, 0.25) is 0 Å². The van der Waals surface area contributed by atoms with Crippen LogP contribution in [0.2, 0.25) is 0 Å². The van der Waals surface area contributed by atoms with Gasteiger partial charge in [-0.2, -0.15) is 0 Å². The lowest BCUT2D eigenvalue weighted by Crippen LogP contribution is -2.64. The Morgan fingerprint density at radius 1 is 0.508 bits per heavy atom. The third kappa shape index (κ3) is 32.8. The Labute approximate surface area is 382 Å². The molecule has 0 radical (unpaired) electrons. The van der Waals surface area contributed by atoms with Crippen molar-refractivity contribution in [1.82, 2.24) is 0 Å². The van der Waals surface area contributed by atoms with Gasteiger partial charge in [-0.05, 0) is 51.4 Å². The first-order valence-electron chi connectivity index (χ1n) is 25.3. The van der Waals surface area contributed by atoms with Gasteiger partial charge in [-0.25, -0.2) is 4.57 Å². The highest BCUT2D eigenvalue weighted by Crippen LogP contribution is 2.47. The van der Waals surface area contributed by atoms with E-state index in [1.165, 1.54) is 122 Å². The van der Waals surface area contributed by atoms with Crippen LogP contribution < -0.4 is 0 Å². The van der Waals surface area contributed by atoms with Crippen molar-refractivity contribution in [1.29, 1.82) is 0 Å². The molecule has 0 saturated heterocycles. The zero-order chi connectivity index (χ0) is 46.2. The normalized spacial score (nSPS) is 22.1. The Morgan fingerprint density at radius 2 is 0.889 bits per heavy atom. The minimum absolute atomic E-state index is 0.0780. The maximum absolute atomic E-state index is 12.8. The molecule has 1 saturated carbocycles. The maximum atomic E-state index is 12.8. The number of unbranched alkanes of at least 4 members (excludes halogenated alkanes) is 25. The molecule has 0 aromatic carbocycles. The molecule has 63 heavy (non-hydrogen) atoms. The minimum Gasteiger partial charge on any atom is -0.457 e. The molecule has 0 bridgehead atoms. The lowest BCUT2D eigenvalue weighted by molar-refractivity contribution is -0.220. The van der Waals surface area contributed by atoms with Crippen LogP contribution in [0.5, 0.6) is 0 Å². The number of phosphoric ester groups is 1. The third-order valence-corrected chi connectivity index (χ3v) is 12.8. The Hall–Kier alpha value is -1.44. The number of ether oxygens (including phenoxy) is 2. The molecule has 0 heterocycles. The van der Waals surface area contributed by atoms with Crippen LogP contribution in [0.3, 0.4) is 0 Å². The van der Waals surface area contributed by atoms with Gasteiger partial charge in [0.05, 0.1) is 13.2 Å². The van der Waals surface area contributed by atoms with E-state index in [0.717, 1.165) is 64.2 Å². The van der Waals surface area contributed by atoms with Crippen molar-refractivity contribution >= 4 is 13.8 Å². The second-order valence-electron chi connectivity index (χ2n) is 17.7. The number of hydrogen-bond donors (Lipinski definition) is 6. The van der Waals surface area contributed by atoms with Crippen molar-refractivity contribution in [2.75, 3.05) is 19.8 Å². The summed E-state index contributed by atoms with van der Waals surface area (Å²) >= 11 is 0. The van der Waals surface area contributed by atoms with E-state index in [2.05, 4.69) is 50.3 Å². The highest BCUT2D eigenvalue weighted by molar-refractivity contribution is 7.47. The van der Waals surface area contributed by atoms with Crippen molar-refractivity contribution in [3.05, 3.63) is 36.5 Å². The molecule has 1 aliphatic rings. The maximum Gasteiger partial charge on any atom is 0.472 e. The van der Waals surface area contributed by atoms with Gasteiger partial charge in [-0.1, -0.05) is 192 Å². The molecule has 0 amide bonds. The molecule has 6 atom stereocenters. The lowest BCUT2D eigenvalue weighted by Gasteiger charge is -2.41. The van der Waals surface area contributed by atoms with Gasteiger partial charge in [0.15, 0.2) is 0 Å². The first-order valence-corrected chi connectivity index (χ1v) is 26.8. The number of phosphoric acid groups is 1. The SMILES string of the molecule is CCCCCCC/C=C\C/C=C\C/C=C\CCCCCCCCCCCOCC(COP(=O)(O)OC1C(O)C(O)C(O)C(O)C1O)OC(=O)CCCCCCCCCCCCCC. The molecule has 1 aliphatic carbocycles. The standard InChI is InChI=1S/C50H93O12P/c1-3-5-7-9-11-13-15-17-18-19-20-21-22-23-24-25-26-27-28-30-32-34-36-38-40-59-41-43(61-44(51)39-37-35-33-31-29-16-14-12-10-8-6-4-2)42-60-63(57,58)62-50-48(55)46(53)45(52)47(54)49(50)56/h15,17,19-20,22-23,43,45-50,52-56H,3-14,16,18,21,24-42H2,1-2H3,(H,57,58)/b17-15-,20-19-,23-22-. The van der Waals surface area contributed by atoms with E-state index in [-0.39, 0.29) is 13.0 Å². The molecule has 1 rings (SSSR count). The second-order valence-corrected chi connectivity index (χ2v) is 19.1.